The molecule has 0 atom stereocenters. The Bertz CT molecular complexity index is 307. The van der Waals surface area contributed by atoms with Gasteiger partial charge in [-0.25, -0.2) is 0 Å². The molecule has 0 saturated carbocycles. The standard InChI is InChI=1S/C13H24N2O3/c1-4-13(2,3)14-9-11(16)15-7-5-10(6-8-15)12(17)18/h10,14H,4-9H2,1-3H3,(H,17,18). The third-order valence-electron chi connectivity index (χ3n) is 3.80. The molecule has 1 heterocycles. The van der Waals surface area contributed by atoms with Gasteiger partial charge in [0.1, 0.15) is 0 Å². The first kappa shape index (κ1) is 15.0. The summed E-state index contributed by atoms with van der Waals surface area (Å²) in [6, 6.07) is 0. The molecule has 104 valence electrons. The molecule has 0 aromatic rings. The quantitative estimate of drug-likeness (QED) is 0.772. The second-order valence-electron chi connectivity index (χ2n) is 5.58. The molecule has 1 rings (SSSR count). The predicted octanol–water partition coefficient (Wildman–Crippen LogP) is 1.09. The maximum absolute atomic E-state index is 12.0. The fourth-order valence-corrected chi connectivity index (χ4v) is 1.93. The molecule has 1 saturated heterocycles. The van der Waals surface area contributed by atoms with Crippen molar-refractivity contribution < 1.29 is 14.7 Å². The number of carbonyl (C=O) groups excluding carboxylic acids is 1. The molecule has 1 fully saturated rings. The van der Waals surface area contributed by atoms with Crippen molar-refractivity contribution in [3.63, 3.8) is 0 Å². The molecule has 1 amide bonds. The van der Waals surface area contributed by atoms with Crippen LogP contribution in [0.3, 0.4) is 0 Å². The molecule has 18 heavy (non-hydrogen) atoms. The largest absolute Gasteiger partial charge is 0.481 e. The number of amides is 1. The molecule has 2 N–H and O–H groups in total. The summed E-state index contributed by atoms with van der Waals surface area (Å²) in [4.78, 5) is 24.5. The van der Waals surface area contributed by atoms with E-state index in [2.05, 4.69) is 26.1 Å². The van der Waals surface area contributed by atoms with Crippen molar-refractivity contribution in [3.8, 4) is 0 Å². The smallest absolute Gasteiger partial charge is 0.306 e. The number of nitrogens with one attached hydrogen (secondary N) is 1. The molecule has 0 aromatic heterocycles. The average molecular weight is 256 g/mol. The van der Waals surface area contributed by atoms with Gasteiger partial charge in [-0.3, -0.25) is 9.59 Å². The van der Waals surface area contributed by atoms with Crippen molar-refractivity contribution in [3.05, 3.63) is 0 Å². The minimum Gasteiger partial charge on any atom is -0.481 e. The van der Waals surface area contributed by atoms with E-state index in [1.54, 1.807) is 4.90 Å². The minimum atomic E-state index is -0.743. The van der Waals surface area contributed by atoms with E-state index < -0.39 is 5.97 Å². The van der Waals surface area contributed by atoms with Gasteiger partial charge in [-0.05, 0) is 33.1 Å². The first-order valence-electron chi connectivity index (χ1n) is 6.61. The maximum atomic E-state index is 12.0. The Morgan fingerprint density at radius 3 is 2.33 bits per heavy atom. The topological polar surface area (TPSA) is 69.6 Å². The highest BCUT2D eigenvalue weighted by molar-refractivity contribution is 5.79. The van der Waals surface area contributed by atoms with Gasteiger partial charge in [0, 0.05) is 18.6 Å². The number of carboxylic acid groups (broad SMARTS) is 1. The molecule has 1 aliphatic heterocycles. The number of carbonyl (C=O) groups is 2. The van der Waals surface area contributed by atoms with E-state index in [1.165, 1.54) is 0 Å². The summed E-state index contributed by atoms with van der Waals surface area (Å²) in [6.45, 7) is 7.66. The van der Waals surface area contributed by atoms with Crippen molar-refractivity contribution in [1.29, 1.82) is 0 Å². The Kier molecular flexibility index (Phi) is 5.14. The van der Waals surface area contributed by atoms with Crippen molar-refractivity contribution in [2.45, 2.75) is 45.6 Å². The van der Waals surface area contributed by atoms with Crippen LogP contribution < -0.4 is 5.32 Å². The van der Waals surface area contributed by atoms with Gasteiger partial charge in [0.15, 0.2) is 0 Å². The van der Waals surface area contributed by atoms with Crippen LogP contribution in [0.1, 0.15) is 40.0 Å². The molecule has 0 bridgehead atoms. The average Bonchev–Trinajstić information content (AvgIpc) is 2.36. The lowest BCUT2D eigenvalue weighted by molar-refractivity contribution is -0.145. The lowest BCUT2D eigenvalue weighted by Crippen LogP contribution is -2.48. The monoisotopic (exact) mass is 256 g/mol. The van der Waals surface area contributed by atoms with E-state index >= 15 is 0 Å². The first-order valence-corrected chi connectivity index (χ1v) is 6.61. The van der Waals surface area contributed by atoms with E-state index in [1.807, 2.05) is 0 Å². The number of nitrogens with zero attached hydrogens (tertiary/aromatic N) is 1. The Morgan fingerprint density at radius 1 is 1.33 bits per heavy atom. The fraction of sp³-hybridized carbons (Fsp3) is 0.846. The number of rotatable bonds is 5. The Morgan fingerprint density at radius 2 is 1.89 bits per heavy atom. The van der Waals surface area contributed by atoms with Gasteiger partial charge in [0.25, 0.3) is 0 Å². The van der Waals surface area contributed by atoms with Crippen LogP contribution in [0.15, 0.2) is 0 Å². The van der Waals surface area contributed by atoms with Crippen LogP contribution in [0.4, 0.5) is 0 Å². The van der Waals surface area contributed by atoms with E-state index in [0.29, 0.717) is 32.5 Å². The molecule has 0 aliphatic carbocycles. The maximum Gasteiger partial charge on any atom is 0.306 e. The molecule has 1 aliphatic rings. The van der Waals surface area contributed by atoms with E-state index in [-0.39, 0.29) is 17.4 Å². The Hall–Kier alpha value is -1.10. The van der Waals surface area contributed by atoms with Crippen molar-refractivity contribution >= 4 is 11.9 Å². The fourth-order valence-electron chi connectivity index (χ4n) is 1.93. The zero-order valence-electron chi connectivity index (χ0n) is 11.5. The van der Waals surface area contributed by atoms with Gasteiger partial charge in [-0.15, -0.1) is 0 Å². The molecule has 0 spiro atoms. The zero-order chi connectivity index (χ0) is 13.8. The Balaban J connectivity index is 2.34. The Labute approximate surface area is 109 Å². The van der Waals surface area contributed by atoms with Crippen LogP contribution in [-0.4, -0.2) is 47.1 Å². The van der Waals surface area contributed by atoms with Crippen LogP contribution in [0.25, 0.3) is 0 Å². The number of hydrogen-bond acceptors (Lipinski definition) is 3. The van der Waals surface area contributed by atoms with E-state index in [4.69, 9.17) is 5.11 Å². The van der Waals surface area contributed by atoms with Gasteiger partial charge in [-0.1, -0.05) is 6.92 Å². The number of piperidine rings is 1. The summed E-state index contributed by atoms with van der Waals surface area (Å²) in [6.07, 6.45) is 2.10. The zero-order valence-corrected chi connectivity index (χ0v) is 11.5. The van der Waals surface area contributed by atoms with E-state index in [0.717, 1.165) is 6.42 Å². The summed E-state index contributed by atoms with van der Waals surface area (Å²) in [5.74, 6) is -0.957. The highest BCUT2D eigenvalue weighted by Gasteiger charge is 2.27. The summed E-state index contributed by atoms with van der Waals surface area (Å²) < 4.78 is 0. The van der Waals surface area contributed by atoms with Gasteiger partial charge in [0.05, 0.1) is 12.5 Å². The van der Waals surface area contributed by atoms with Crippen LogP contribution in [0, 0.1) is 5.92 Å². The predicted molar refractivity (Wildman–Crippen MR) is 69.3 cm³/mol. The molecule has 5 heteroatoms. The van der Waals surface area contributed by atoms with Crippen LogP contribution in [0.5, 0.6) is 0 Å². The summed E-state index contributed by atoms with van der Waals surface area (Å²) >= 11 is 0. The summed E-state index contributed by atoms with van der Waals surface area (Å²) in [5.41, 5.74) is -0.0327. The normalized spacial score (nSPS) is 17.8. The lowest BCUT2D eigenvalue weighted by Gasteiger charge is -2.32. The minimum absolute atomic E-state index is 0.0327. The molecule has 5 nitrogen and oxygen atoms in total. The van der Waals surface area contributed by atoms with Gasteiger partial charge in [-0.2, -0.15) is 0 Å². The van der Waals surface area contributed by atoms with Gasteiger partial charge < -0.3 is 15.3 Å². The van der Waals surface area contributed by atoms with Crippen LogP contribution in [-0.2, 0) is 9.59 Å². The molecule has 0 unspecified atom stereocenters. The third-order valence-corrected chi connectivity index (χ3v) is 3.80. The lowest BCUT2D eigenvalue weighted by atomic mass is 9.97. The van der Waals surface area contributed by atoms with E-state index in [9.17, 15) is 9.59 Å². The summed E-state index contributed by atoms with van der Waals surface area (Å²) in [7, 11) is 0. The van der Waals surface area contributed by atoms with Crippen molar-refractivity contribution in [2.75, 3.05) is 19.6 Å². The summed E-state index contributed by atoms with van der Waals surface area (Å²) in [5, 5.41) is 12.1. The molecule has 0 radical (unpaired) electrons. The van der Waals surface area contributed by atoms with Gasteiger partial charge in [0.2, 0.25) is 5.91 Å². The van der Waals surface area contributed by atoms with Crippen LogP contribution >= 0.6 is 0 Å². The molecular formula is C13H24N2O3. The number of carboxylic acids is 1. The highest BCUT2D eigenvalue weighted by Crippen LogP contribution is 2.17. The SMILES string of the molecule is CCC(C)(C)NCC(=O)N1CCC(C(=O)O)CC1. The first-order chi connectivity index (χ1) is 8.35. The number of likely N-dealkylation sites (tertiary alicyclic amines) is 1. The highest BCUT2D eigenvalue weighted by atomic mass is 16.4. The van der Waals surface area contributed by atoms with Gasteiger partial charge >= 0.3 is 5.97 Å². The van der Waals surface area contributed by atoms with Crippen molar-refractivity contribution in [1.82, 2.24) is 10.2 Å². The number of hydrogen-bond donors (Lipinski definition) is 2. The molecule has 0 aromatic carbocycles. The second-order valence-corrected chi connectivity index (χ2v) is 5.58. The van der Waals surface area contributed by atoms with Crippen molar-refractivity contribution in [2.24, 2.45) is 5.92 Å². The van der Waals surface area contributed by atoms with Crippen LogP contribution in [0.2, 0.25) is 0 Å². The second kappa shape index (κ2) is 6.18. The molecular weight excluding hydrogens is 232 g/mol. The number of aliphatic carboxylic acids is 1. The third kappa shape index (κ3) is 4.29.